The molecule has 2 heterocycles. The number of amides is 3. The van der Waals surface area contributed by atoms with Crippen LogP contribution in [0.15, 0.2) is 0 Å². The molecule has 1 N–H and O–H groups in total. The Labute approximate surface area is 155 Å². The van der Waals surface area contributed by atoms with Crippen molar-refractivity contribution in [1.29, 1.82) is 0 Å². The van der Waals surface area contributed by atoms with Gasteiger partial charge in [-0.05, 0) is 12.8 Å². The number of nitrogens with one attached hydrogen (secondary N) is 1. The van der Waals surface area contributed by atoms with Crippen LogP contribution in [-0.2, 0) is 14.3 Å². The van der Waals surface area contributed by atoms with Gasteiger partial charge in [0.05, 0.1) is 13.7 Å². The van der Waals surface area contributed by atoms with Crippen LogP contribution in [0.4, 0.5) is 9.59 Å². The number of rotatable bonds is 6. The summed E-state index contributed by atoms with van der Waals surface area (Å²) in [4.78, 5) is 39.5. The highest BCUT2D eigenvalue weighted by molar-refractivity contribution is 5.85. The lowest BCUT2D eigenvalue weighted by atomic mass is 9.90. The first-order valence-electron chi connectivity index (χ1n) is 9.45. The average Bonchev–Trinajstić information content (AvgIpc) is 2.94. The van der Waals surface area contributed by atoms with Crippen molar-refractivity contribution in [2.75, 3.05) is 33.3 Å². The van der Waals surface area contributed by atoms with Crippen LogP contribution in [0.1, 0.15) is 46.5 Å². The molecule has 3 amide bonds. The summed E-state index contributed by atoms with van der Waals surface area (Å²) >= 11 is 0. The van der Waals surface area contributed by atoms with E-state index in [-0.39, 0.29) is 12.0 Å². The van der Waals surface area contributed by atoms with Crippen LogP contribution in [0.5, 0.6) is 0 Å². The van der Waals surface area contributed by atoms with Gasteiger partial charge in [-0.1, -0.05) is 26.7 Å². The zero-order valence-corrected chi connectivity index (χ0v) is 16.2. The molecule has 2 saturated heterocycles. The number of hydrogen-bond donors (Lipinski definition) is 1. The fourth-order valence-corrected chi connectivity index (χ4v) is 3.66. The maximum Gasteiger partial charge on any atom is 0.410 e. The summed E-state index contributed by atoms with van der Waals surface area (Å²) in [5.74, 6) is 0.341. The maximum absolute atomic E-state index is 12.4. The minimum Gasteiger partial charge on any atom is -0.453 e. The van der Waals surface area contributed by atoms with Gasteiger partial charge >= 0.3 is 12.2 Å². The van der Waals surface area contributed by atoms with E-state index in [1.54, 1.807) is 11.8 Å². The third-order valence-electron chi connectivity index (χ3n) is 5.55. The highest BCUT2D eigenvalue weighted by atomic mass is 16.6. The number of likely N-dealkylation sites (tertiary alicyclic amines) is 1. The molecule has 0 unspecified atom stereocenters. The number of nitrogens with zero attached hydrogens (tertiary/aromatic N) is 2. The molecular weight excluding hydrogens is 338 g/mol. The Morgan fingerprint density at radius 1 is 1.27 bits per heavy atom. The zero-order valence-electron chi connectivity index (χ0n) is 16.2. The molecule has 2 aliphatic heterocycles. The number of carbonyl (C=O) groups excluding carboxylic acids is 3. The van der Waals surface area contributed by atoms with Crippen molar-refractivity contribution in [3.8, 4) is 0 Å². The van der Waals surface area contributed by atoms with E-state index in [2.05, 4.69) is 23.9 Å². The molecule has 0 aromatic rings. The summed E-state index contributed by atoms with van der Waals surface area (Å²) in [6.45, 7) is 8.27. The number of carbonyl (C=O) groups is 3. The number of alkyl carbamates (subject to hydrolysis) is 1. The molecule has 2 rings (SSSR count). The molecule has 26 heavy (non-hydrogen) atoms. The molecule has 0 saturated carbocycles. The van der Waals surface area contributed by atoms with Gasteiger partial charge < -0.3 is 24.6 Å². The van der Waals surface area contributed by atoms with Crippen LogP contribution in [0, 0.1) is 5.92 Å². The lowest BCUT2D eigenvalue weighted by Crippen LogP contribution is -2.53. The lowest BCUT2D eigenvalue weighted by molar-refractivity contribution is -0.136. The van der Waals surface area contributed by atoms with E-state index < -0.39 is 17.7 Å². The van der Waals surface area contributed by atoms with Gasteiger partial charge in [-0.2, -0.15) is 0 Å². The van der Waals surface area contributed by atoms with Gasteiger partial charge in [-0.3, -0.25) is 4.79 Å². The van der Waals surface area contributed by atoms with E-state index in [0.717, 1.165) is 19.4 Å². The van der Waals surface area contributed by atoms with E-state index in [9.17, 15) is 14.4 Å². The molecule has 0 aliphatic carbocycles. The monoisotopic (exact) mass is 369 g/mol. The van der Waals surface area contributed by atoms with Crippen molar-refractivity contribution < 1.29 is 23.9 Å². The largest absolute Gasteiger partial charge is 0.453 e. The SMILES string of the molecule is CCC(CC)CN1CC2(CCN(C(=O)[C@H](C)NC(=O)OC)CC2)OC1=O. The summed E-state index contributed by atoms with van der Waals surface area (Å²) in [7, 11) is 1.26. The van der Waals surface area contributed by atoms with E-state index in [4.69, 9.17) is 4.74 Å². The Balaban J connectivity index is 1.88. The molecular formula is C18H31N3O5. The van der Waals surface area contributed by atoms with Gasteiger partial charge in [0.15, 0.2) is 0 Å². The van der Waals surface area contributed by atoms with Gasteiger partial charge in [0, 0.05) is 32.5 Å². The van der Waals surface area contributed by atoms with E-state index in [1.165, 1.54) is 7.11 Å². The van der Waals surface area contributed by atoms with Gasteiger partial charge in [-0.15, -0.1) is 0 Å². The van der Waals surface area contributed by atoms with Crippen LogP contribution in [-0.4, -0.2) is 72.8 Å². The molecule has 1 spiro atoms. The Bertz CT molecular complexity index is 527. The van der Waals surface area contributed by atoms with Crippen LogP contribution in [0.3, 0.4) is 0 Å². The normalized spacial score (nSPS) is 20.3. The Morgan fingerprint density at radius 2 is 1.88 bits per heavy atom. The third-order valence-corrected chi connectivity index (χ3v) is 5.55. The predicted molar refractivity (Wildman–Crippen MR) is 95.7 cm³/mol. The third kappa shape index (κ3) is 4.59. The molecule has 0 bridgehead atoms. The predicted octanol–water partition coefficient (Wildman–Crippen LogP) is 1.98. The zero-order chi connectivity index (χ0) is 19.3. The van der Waals surface area contributed by atoms with Gasteiger partial charge in [0.2, 0.25) is 5.91 Å². The van der Waals surface area contributed by atoms with Gasteiger partial charge in [0.1, 0.15) is 11.6 Å². The van der Waals surface area contributed by atoms with Crippen molar-refractivity contribution in [1.82, 2.24) is 15.1 Å². The summed E-state index contributed by atoms with van der Waals surface area (Å²) in [5.41, 5.74) is -0.487. The minimum atomic E-state index is -0.644. The minimum absolute atomic E-state index is 0.150. The Kier molecular flexibility index (Phi) is 6.72. The van der Waals surface area contributed by atoms with Crippen LogP contribution in [0.2, 0.25) is 0 Å². The quantitative estimate of drug-likeness (QED) is 0.773. The van der Waals surface area contributed by atoms with E-state index in [1.807, 2.05) is 4.90 Å². The summed E-state index contributed by atoms with van der Waals surface area (Å²) in [6.07, 6.45) is 2.46. The second kappa shape index (κ2) is 8.60. The van der Waals surface area contributed by atoms with Crippen LogP contribution in [0.25, 0.3) is 0 Å². The molecule has 0 aromatic heterocycles. The molecule has 2 aliphatic rings. The fourth-order valence-electron chi connectivity index (χ4n) is 3.66. The molecule has 2 fully saturated rings. The Hall–Kier alpha value is -1.99. The van der Waals surface area contributed by atoms with Crippen molar-refractivity contribution in [2.45, 2.75) is 58.1 Å². The summed E-state index contributed by atoms with van der Waals surface area (Å²) < 4.78 is 10.2. The number of piperidine rings is 1. The van der Waals surface area contributed by atoms with E-state index >= 15 is 0 Å². The second-order valence-corrected chi connectivity index (χ2v) is 7.30. The first kappa shape index (κ1) is 20.3. The van der Waals surface area contributed by atoms with E-state index in [0.29, 0.717) is 38.4 Å². The lowest BCUT2D eigenvalue weighted by Gasteiger charge is -2.38. The topological polar surface area (TPSA) is 88.2 Å². The first-order chi connectivity index (χ1) is 12.3. The van der Waals surface area contributed by atoms with Crippen LogP contribution < -0.4 is 5.32 Å². The van der Waals surface area contributed by atoms with Crippen molar-refractivity contribution in [3.63, 3.8) is 0 Å². The highest BCUT2D eigenvalue weighted by Gasteiger charge is 2.47. The molecule has 1 atom stereocenters. The fraction of sp³-hybridized carbons (Fsp3) is 0.833. The number of methoxy groups -OCH3 is 1. The smallest absolute Gasteiger partial charge is 0.410 e. The van der Waals surface area contributed by atoms with Crippen molar-refractivity contribution in [2.24, 2.45) is 5.92 Å². The van der Waals surface area contributed by atoms with Crippen LogP contribution >= 0.6 is 0 Å². The van der Waals surface area contributed by atoms with Gasteiger partial charge in [0.25, 0.3) is 0 Å². The van der Waals surface area contributed by atoms with Crippen molar-refractivity contribution >= 4 is 18.1 Å². The average molecular weight is 369 g/mol. The number of ether oxygens (including phenoxy) is 2. The highest BCUT2D eigenvalue weighted by Crippen LogP contribution is 2.34. The molecule has 8 heteroatoms. The molecule has 148 valence electrons. The summed E-state index contributed by atoms with van der Waals surface area (Å²) in [5, 5.41) is 2.49. The molecule has 0 aromatic carbocycles. The standard InChI is InChI=1S/C18H31N3O5/c1-5-14(6-2)11-21-12-18(26-17(21)24)7-9-20(10-8-18)15(22)13(3)19-16(23)25-4/h13-14H,5-12H2,1-4H3,(H,19,23)/t13-/m0/s1. The molecule has 8 nitrogen and oxygen atoms in total. The number of hydrogen-bond acceptors (Lipinski definition) is 5. The van der Waals surface area contributed by atoms with Gasteiger partial charge in [-0.25, -0.2) is 9.59 Å². The first-order valence-corrected chi connectivity index (χ1v) is 9.45. The second-order valence-electron chi connectivity index (χ2n) is 7.30. The summed E-state index contributed by atoms with van der Waals surface area (Å²) in [6, 6.07) is -0.644. The Morgan fingerprint density at radius 3 is 2.42 bits per heavy atom. The molecule has 0 radical (unpaired) electrons. The maximum atomic E-state index is 12.4. The van der Waals surface area contributed by atoms with Crippen molar-refractivity contribution in [3.05, 3.63) is 0 Å².